The number of hydrogen-bond donors (Lipinski definition) is 1. The molecule has 0 aliphatic rings. The Labute approximate surface area is 140 Å². The first-order chi connectivity index (χ1) is 10.9. The second-order valence-corrected chi connectivity index (χ2v) is 6.23. The van der Waals surface area contributed by atoms with Gasteiger partial charge < -0.3 is 9.88 Å². The molecule has 3 aromatic rings. The zero-order valence-electron chi connectivity index (χ0n) is 13.6. The normalized spacial score (nSPS) is 11.4. The van der Waals surface area contributed by atoms with E-state index in [1.54, 1.807) is 6.33 Å². The number of nitrogens with zero attached hydrogens (tertiary/aromatic N) is 5. The van der Waals surface area contributed by atoms with Crippen LogP contribution in [-0.4, -0.2) is 24.5 Å². The summed E-state index contributed by atoms with van der Waals surface area (Å²) in [5.74, 6) is 0.625. The minimum absolute atomic E-state index is 0.204. The monoisotopic (exact) mass is 330 g/mol. The lowest BCUT2D eigenvalue weighted by atomic mass is 10.2. The van der Waals surface area contributed by atoms with E-state index in [0.717, 1.165) is 17.0 Å². The highest BCUT2D eigenvalue weighted by atomic mass is 35.5. The number of imidazole rings is 1. The van der Waals surface area contributed by atoms with E-state index in [-0.39, 0.29) is 11.3 Å². The van der Waals surface area contributed by atoms with Gasteiger partial charge in [0.05, 0.1) is 18.6 Å². The summed E-state index contributed by atoms with van der Waals surface area (Å²) in [5.41, 5.74) is 4.58. The molecule has 0 atom stereocenters. The Hall–Kier alpha value is -2.21. The van der Waals surface area contributed by atoms with Gasteiger partial charge in [-0.25, -0.2) is 4.98 Å². The molecule has 0 unspecified atom stereocenters. The van der Waals surface area contributed by atoms with E-state index in [1.807, 2.05) is 23.6 Å². The summed E-state index contributed by atoms with van der Waals surface area (Å²) < 4.78 is 1.98. The summed E-state index contributed by atoms with van der Waals surface area (Å²) in [7, 11) is 0. The van der Waals surface area contributed by atoms with Crippen LogP contribution in [0, 0.1) is 13.8 Å². The molecule has 120 valence electrons. The van der Waals surface area contributed by atoms with Crippen LogP contribution in [0.4, 0.5) is 5.82 Å². The zero-order valence-corrected chi connectivity index (χ0v) is 14.4. The fraction of sp³-hybridized carbons (Fsp3) is 0.375. The van der Waals surface area contributed by atoms with Crippen LogP contribution in [0.5, 0.6) is 0 Å². The van der Waals surface area contributed by atoms with Gasteiger partial charge in [0, 0.05) is 11.7 Å². The van der Waals surface area contributed by atoms with Gasteiger partial charge in [0.1, 0.15) is 0 Å². The van der Waals surface area contributed by atoms with Crippen molar-refractivity contribution in [1.29, 1.82) is 0 Å². The van der Waals surface area contributed by atoms with E-state index in [2.05, 4.69) is 46.0 Å². The van der Waals surface area contributed by atoms with E-state index in [1.165, 1.54) is 5.56 Å². The molecule has 0 amide bonds. The van der Waals surface area contributed by atoms with Crippen LogP contribution in [0.1, 0.15) is 36.8 Å². The van der Waals surface area contributed by atoms with Crippen molar-refractivity contribution in [2.24, 2.45) is 0 Å². The van der Waals surface area contributed by atoms with Gasteiger partial charge in [-0.15, -0.1) is 0 Å². The first-order valence-corrected chi connectivity index (χ1v) is 7.90. The molecule has 0 bridgehead atoms. The molecule has 0 aliphatic heterocycles. The highest BCUT2D eigenvalue weighted by Crippen LogP contribution is 2.23. The minimum atomic E-state index is 0.204. The van der Waals surface area contributed by atoms with E-state index in [0.29, 0.717) is 17.9 Å². The topological polar surface area (TPSA) is 68.5 Å². The largest absolute Gasteiger partial charge is 0.362 e. The molecule has 1 N–H and O–H groups in total. The predicted octanol–water partition coefficient (Wildman–Crippen LogP) is 3.68. The smallest absolute Gasteiger partial charge is 0.226 e. The Morgan fingerprint density at radius 3 is 2.65 bits per heavy atom. The van der Waals surface area contributed by atoms with Crippen LogP contribution < -0.4 is 5.32 Å². The maximum Gasteiger partial charge on any atom is 0.226 e. The van der Waals surface area contributed by atoms with Crippen LogP contribution in [0.25, 0.3) is 11.2 Å². The van der Waals surface area contributed by atoms with Crippen molar-refractivity contribution in [2.75, 3.05) is 5.32 Å². The molecular weight excluding hydrogens is 312 g/mol. The standard InChI is InChI=1S/C16H19ClN6/c1-9(2)23-8-19-13-14(21-16(17)22-15(13)23)18-7-12-6-10(3)5-11(4)20-12/h5-6,8-9H,7H2,1-4H3,(H,18,21,22). The molecule has 0 saturated carbocycles. The van der Waals surface area contributed by atoms with Gasteiger partial charge in [-0.1, -0.05) is 0 Å². The number of aromatic nitrogens is 5. The molecule has 23 heavy (non-hydrogen) atoms. The molecule has 7 heteroatoms. The van der Waals surface area contributed by atoms with Crippen molar-refractivity contribution in [2.45, 2.75) is 40.3 Å². The van der Waals surface area contributed by atoms with Crippen LogP contribution >= 0.6 is 11.6 Å². The number of halogens is 1. The summed E-state index contributed by atoms with van der Waals surface area (Å²) in [5, 5.41) is 3.48. The highest BCUT2D eigenvalue weighted by Gasteiger charge is 2.14. The molecule has 3 heterocycles. The first-order valence-electron chi connectivity index (χ1n) is 7.52. The first kappa shape index (κ1) is 15.7. The van der Waals surface area contributed by atoms with Crippen molar-refractivity contribution in [3.63, 3.8) is 0 Å². The molecule has 0 radical (unpaired) electrons. The molecule has 0 fully saturated rings. The number of rotatable bonds is 4. The molecule has 3 rings (SSSR count). The average molecular weight is 331 g/mol. The van der Waals surface area contributed by atoms with E-state index in [9.17, 15) is 0 Å². The fourth-order valence-corrected chi connectivity index (χ4v) is 2.75. The lowest BCUT2D eigenvalue weighted by Crippen LogP contribution is -2.07. The maximum absolute atomic E-state index is 6.07. The average Bonchev–Trinajstić information content (AvgIpc) is 2.87. The lowest BCUT2D eigenvalue weighted by molar-refractivity contribution is 0.612. The number of anilines is 1. The van der Waals surface area contributed by atoms with Crippen molar-refractivity contribution in [3.05, 3.63) is 40.7 Å². The Kier molecular flexibility index (Phi) is 4.17. The third-order valence-corrected chi connectivity index (χ3v) is 3.71. The van der Waals surface area contributed by atoms with Crippen LogP contribution in [-0.2, 0) is 6.54 Å². The zero-order chi connectivity index (χ0) is 16.6. The molecule has 3 aromatic heterocycles. The SMILES string of the molecule is Cc1cc(C)nc(CNc2nc(Cl)nc3c2ncn3C(C)C)c1. The molecule has 0 saturated heterocycles. The number of fused-ring (bicyclic) bond motifs is 1. The van der Waals surface area contributed by atoms with Gasteiger partial charge in [0.15, 0.2) is 17.0 Å². The highest BCUT2D eigenvalue weighted by molar-refractivity contribution is 6.28. The molecule has 0 spiro atoms. The fourth-order valence-electron chi connectivity index (χ4n) is 2.58. The van der Waals surface area contributed by atoms with Crippen LogP contribution in [0.2, 0.25) is 5.28 Å². The molecule has 0 aliphatic carbocycles. The van der Waals surface area contributed by atoms with Crippen molar-refractivity contribution in [1.82, 2.24) is 24.5 Å². The summed E-state index contributed by atoms with van der Waals surface area (Å²) in [6, 6.07) is 4.35. The summed E-state index contributed by atoms with van der Waals surface area (Å²) in [6.45, 7) is 8.75. The molecule has 0 aromatic carbocycles. The third-order valence-electron chi connectivity index (χ3n) is 3.54. The quantitative estimate of drug-likeness (QED) is 0.739. The van der Waals surface area contributed by atoms with Crippen LogP contribution in [0.15, 0.2) is 18.5 Å². The van der Waals surface area contributed by atoms with E-state index < -0.39 is 0 Å². The number of hydrogen-bond acceptors (Lipinski definition) is 5. The van der Waals surface area contributed by atoms with Gasteiger partial charge in [-0.05, 0) is 57.0 Å². The number of aryl methyl sites for hydroxylation is 2. The second-order valence-electron chi connectivity index (χ2n) is 5.89. The third kappa shape index (κ3) is 3.27. The Balaban J connectivity index is 1.93. The summed E-state index contributed by atoms with van der Waals surface area (Å²) in [4.78, 5) is 17.5. The Bertz CT molecular complexity index is 835. The number of nitrogens with one attached hydrogen (secondary N) is 1. The van der Waals surface area contributed by atoms with Crippen molar-refractivity contribution < 1.29 is 0 Å². The minimum Gasteiger partial charge on any atom is -0.362 e. The second kappa shape index (κ2) is 6.12. The van der Waals surface area contributed by atoms with Gasteiger partial charge in [0.2, 0.25) is 5.28 Å². The maximum atomic E-state index is 6.07. The Morgan fingerprint density at radius 1 is 1.17 bits per heavy atom. The predicted molar refractivity (Wildman–Crippen MR) is 91.8 cm³/mol. The van der Waals surface area contributed by atoms with Gasteiger partial charge in [-0.3, -0.25) is 4.98 Å². The van der Waals surface area contributed by atoms with E-state index >= 15 is 0 Å². The molecular formula is C16H19ClN6. The van der Waals surface area contributed by atoms with Crippen molar-refractivity contribution in [3.8, 4) is 0 Å². The summed E-state index contributed by atoms with van der Waals surface area (Å²) >= 11 is 6.07. The summed E-state index contributed by atoms with van der Waals surface area (Å²) in [6.07, 6.45) is 1.76. The van der Waals surface area contributed by atoms with Gasteiger partial charge >= 0.3 is 0 Å². The van der Waals surface area contributed by atoms with E-state index in [4.69, 9.17) is 11.6 Å². The number of pyridine rings is 1. The van der Waals surface area contributed by atoms with Gasteiger partial charge in [0.25, 0.3) is 0 Å². The lowest BCUT2D eigenvalue weighted by Gasteiger charge is -2.10. The Morgan fingerprint density at radius 2 is 1.96 bits per heavy atom. The molecule has 6 nitrogen and oxygen atoms in total. The van der Waals surface area contributed by atoms with Crippen LogP contribution in [0.3, 0.4) is 0 Å². The van der Waals surface area contributed by atoms with Gasteiger partial charge in [-0.2, -0.15) is 9.97 Å². The van der Waals surface area contributed by atoms with Crippen molar-refractivity contribution >= 4 is 28.6 Å².